The lowest BCUT2D eigenvalue weighted by atomic mass is 10.1. The predicted octanol–water partition coefficient (Wildman–Crippen LogP) is 3.89. The van der Waals surface area contributed by atoms with Gasteiger partial charge in [0, 0.05) is 31.9 Å². The molecule has 1 aliphatic heterocycles. The smallest absolute Gasteiger partial charge is 0.264 e. The van der Waals surface area contributed by atoms with E-state index in [9.17, 15) is 10.1 Å². The lowest BCUT2D eigenvalue weighted by Crippen LogP contribution is -2.49. The van der Waals surface area contributed by atoms with Crippen molar-refractivity contribution in [3.05, 3.63) is 83.4 Å². The summed E-state index contributed by atoms with van der Waals surface area (Å²) in [5.41, 5.74) is 3.29. The van der Waals surface area contributed by atoms with Crippen molar-refractivity contribution in [3.8, 4) is 6.07 Å². The zero-order valence-electron chi connectivity index (χ0n) is 15.5. The number of piperazine rings is 1. The summed E-state index contributed by atoms with van der Waals surface area (Å²) in [6.45, 7) is 4.69. The molecule has 0 N–H and O–H groups in total. The number of rotatable bonds is 4. The predicted molar refractivity (Wildman–Crippen MR) is 109 cm³/mol. The fourth-order valence-corrected chi connectivity index (χ4v) is 3.20. The van der Waals surface area contributed by atoms with E-state index in [-0.39, 0.29) is 11.5 Å². The van der Waals surface area contributed by atoms with Gasteiger partial charge in [0.1, 0.15) is 11.6 Å². The average Bonchev–Trinajstić information content (AvgIpc) is 2.73. The van der Waals surface area contributed by atoms with Crippen molar-refractivity contribution in [2.24, 2.45) is 0 Å². The molecule has 1 amide bonds. The van der Waals surface area contributed by atoms with Crippen LogP contribution < -0.4 is 4.90 Å². The van der Waals surface area contributed by atoms with Gasteiger partial charge in [-0.1, -0.05) is 54.6 Å². The Kier molecular flexibility index (Phi) is 6.06. The Bertz CT molecular complexity index is 871. The minimum atomic E-state index is -0.189. The van der Waals surface area contributed by atoms with E-state index in [0.717, 1.165) is 24.2 Å². The maximum absolute atomic E-state index is 12.7. The van der Waals surface area contributed by atoms with Crippen LogP contribution in [0.5, 0.6) is 0 Å². The first-order chi connectivity index (χ1) is 13.2. The number of nitrogens with zero attached hydrogens (tertiary/aromatic N) is 3. The van der Waals surface area contributed by atoms with Crippen LogP contribution in [-0.2, 0) is 4.79 Å². The Morgan fingerprint density at radius 3 is 2.15 bits per heavy atom. The van der Waals surface area contributed by atoms with Crippen LogP contribution in [0.2, 0.25) is 0 Å². The average molecular weight is 357 g/mol. The number of allylic oxidation sites excluding steroid dienone is 2. The summed E-state index contributed by atoms with van der Waals surface area (Å²) in [5.74, 6) is -0.189. The van der Waals surface area contributed by atoms with E-state index in [4.69, 9.17) is 0 Å². The van der Waals surface area contributed by atoms with Crippen molar-refractivity contribution in [3.63, 3.8) is 0 Å². The van der Waals surface area contributed by atoms with Crippen molar-refractivity contribution in [2.45, 2.75) is 6.92 Å². The second-order valence-electron chi connectivity index (χ2n) is 6.58. The van der Waals surface area contributed by atoms with Gasteiger partial charge in [0.15, 0.2) is 0 Å². The van der Waals surface area contributed by atoms with Gasteiger partial charge in [-0.05, 0) is 36.3 Å². The molecule has 0 bridgehead atoms. The summed E-state index contributed by atoms with van der Waals surface area (Å²) >= 11 is 0. The number of carbonyl (C=O) groups is 1. The number of hydrogen-bond donors (Lipinski definition) is 0. The van der Waals surface area contributed by atoms with Gasteiger partial charge in [-0.15, -0.1) is 0 Å². The monoisotopic (exact) mass is 357 g/mol. The molecule has 4 heteroatoms. The third-order valence-corrected chi connectivity index (χ3v) is 4.61. The molecule has 1 fully saturated rings. The van der Waals surface area contributed by atoms with Crippen LogP contribution in [0.4, 0.5) is 5.69 Å². The van der Waals surface area contributed by atoms with E-state index < -0.39 is 0 Å². The summed E-state index contributed by atoms with van der Waals surface area (Å²) in [5, 5.41) is 9.47. The van der Waals surface area contributed by atoms with Gasteiger partial charge in [-0.25, -0.2) is 0 Å². The van der Waals surface area contributed by atoms with Crippen molar-refractivity contribution in [1.82, 2.24) is 4.90 Å². The Morgan fingerprint density at radius 2 is 1.56 bits per heavy atom. The molecule has 0 aliphatic carbocycles. The highest BCUT2D eigenvalue weighted by Gasteiger charge is 2.23. The molecule has 1 heterocycles. The van der Waals surface area contributed by atoms with Crippen molar-refractivity contribution in [1.29, 1.82) is 5.26 Å². The number of benzene rings is 2. The number of para-hydroxylation sites is 1. The van der Waals surface area contributed by atoms with Gasteiger partial charge in [0.25, 0.3) is 5.91 Å². The molecular weight excluding hydrogens is 334 g/mol. The largest absolute Gasteiger partial charge is 0.368 e. The Labute approximate surface area is 160 Å². The van der Waals surface area contributed by atoms with Crippen LogP contribution in [0, 0.1) is 11.3 Å². The third kappa shape index (κ3) is 4.86. The number of anilines is 1. The molecule has 136 valence electrons. The zero-order valence-corrected chi connectivity index (χ0v) is 15.5. The first-order valence-electron chi connectivity index (χ1n) is 9.12. The normalized spacial score (nSPS) is 15.4. The standard InChI is InChI=1S/C23H23N3O/c1-19(16-20-8-4-2-5-9-20)17-21(18-24)23(27)26-14-12-25(13-15-26)22-10-6-3-7-11-22/h2-11,16-17H,12-15H2,1H3/b19-16+,21-17-. The van der Waals surface area contributed by atoms with E-state index in [1.54, 1.807) is 11.0 Å². The fraction of sp³-hybridized carbons (Fsp3) is 0.217. The minimum absolute atomic E-state index is 0.188. The first kappa shape index (κ1) is 18.5. The van der Waals surface area contributed by atoms with Crippen LogP contribution in [0.15, 0.2) is 77.9 Å². The molecule has 1 aliphatic rings. The number of hydrogen-bond acceptors (Lipinski definition) is 3. The third-order valence-electron chi connectivity index (χ3n) is 4.61. The van der Waals surface area contributed by atoms with Crippen molar-refractivity contribution >= 4 is 17.7 Å². The Balaban J connectivity index is 1.65. The van der Waals surface area contributed by atoms with E-state index >= 15 is 0 Å². The zero-order chi connectivity index (χ0) is 19.1. The molecule has 27 heavy (non-hydrogen) atoms. The van der Waals surface area contributed by atoms with Gasteiger partial charge >= 0.3 is 0 Å². The van der Waals surface area contributed by atoms with Crippen LogP contribution in [0.3, 0.4) is 0 Å². The molecule has 0 unspecified atom stereocenters. The second-order valence-corrected chi connectivity index (χ2v) is 6.58. The van der Waals surface area contributed by atoms with Crippen LogP contribution in [0.1, 0.15) is 12.5 Å². The molecule has 2 aromatic carbocycles. The summed E-state index contributed by atoms with van der Waals surface area (Å²) in [4.78, 5) is 16.8. The Hall–Kier alpha value is -3.32. The highest BCUT2D eigenvalue weighted by Crippen LogP contribution is 2.17. The van der Waals surface area contributed by atoms with Gasteiger partial charge in [0.2, 0.25) is 0 Å². The second kappa shape index (κ2) is 8.86. The lowest BCUT2D eigenvalue weighted by molar-refractivity contribution is -0.127. The minimum Gasteiger partial charge on any atom is -0.368 e. The molecule has 0 radical (unpaired) electrons. The summed E-state index contributed by atoms with van der Waals surface area (Å²) in [6.07, 6.45) is 3.65. The van der Waals surface area contributed by atoms with Gasteiger partial charge in [-0.3, -0.25) is 4.79 Å². The van der Waals surface area contributed by atoms with Crippen molar-refractivity contribution in [2.75, 3.05) is 31.1 Å². The summed E-state index contributed by atoms with van der Waals surface area (Å²) < 4.78 is 0. The number of carbonyl (C=O) groups excluding carboxylic acids is 1. The lowest BCUT2D eigenvalue weighted by Gasteiger charge is -2.36. The number of nitriles is 1. The molecule has 3 rings (SSSR count). The summed E-state index contributed by atoms with van der Waals surface area (Å²) in [7, 11) is 0. The van der Waals surface area contributed by atoms with E-state index in [1.807, 2.05) is 61.5 Å². The first-order valence-corrected chi connectivity index (χ1v) is 9.12. The van der Waals surface area contributed by atoms with Crippen LogP contribution in [-0.4, -0.2) is 37.0 Å². The number of amides is 1. The maximum atomic E-state index is 12.7. The van der Waals surface area contributed by atoms with E-state index in [0.29, 0.717) is 13.1 Å². The highest BCUT2D eigenvalue weighted by molar-refractivity contribution is 5.98. The van der Waals surface area contributed by atoms with Gasteiger partial charge < -0.3 is 9.80 Å². The molecule has 0 saturated carbocycles. The molecule has 1 saturated heterocycles. The highest BCUT2D eigenvalue weighted by atomic mass is 16.2. The van der Waals surface area contributed by atoms with Crippen LogP contribution >= 0.6 is 0 Å². The molecule has 0 aromatic heterocycles. The van der Waals surface area contributed by atoms with E-state index in [2.05, 4.69) is 23.1 Å². The van der Waals surface area contributed by atoms with Gasteiger partial charge in [-0.2, -0.15) is 5.26 Å². The summed E-state index contributed by atoms with van der Waals surface area (Å²) in [6, 6.07) is 22.1. The molecule has 4 nitrogen and oxygen atoms in total. The quantitative estimate of drug-likeness (QED) is 0.474. The topological polar surface area (TPSA) is 47.3 Å². The van der Waals surface area contributed by atoms with Crippen molar-refractivity contribution < 1.29 is 4.79 Å². The van der Waals surface area contributed by atoms with Gasteiger partial charge in [0.05, 0.1) is 0 Å². The molecule has 2 aromatic rings. The SMILES string of the molecule is CC(/C=C(/C#N)C(=O)N1CCN(c2ccccc2)CC1)=C\c1ccccc1. The molecule has 0 spiro atoms. The Morgan fingerprint density at radius 1 is 0.963 bits per heavy atom. The maximum Gasteiger partial charge on any atom is 0.264 e. The van der Waals surface area contributed by atoms with Crippen LogP contribution in [0.25, 0.3) is 6.08 Å². The fourth-order valence-electron chi connectivity index (χ4n) is 3.20. The van der Waals surface area contributed by atoms with E-state index in [1.165, 1.54) is 5.69 Å². The molecule has 0 atom stereocenters. The molecular formula is C23H23N3O.